The average molecular weight is 241 g/mol. The zero-order chi connectivity index (χ0) is 12.3. The molecule has 2 atom stereocenters. The van der Waals surface area contributed by atoms with E-state index in [1.807, 2.05) is 26.0 Å². The Labute approximate surface area is 96.9 Å². The largest absolute Gasteiger partial charge is 0.480 e. The van der Waals surface area contributed by atoms with Gasteiger partial charge in [0.15, 0.2) is 0 Å². The predicted octanol–water partition coefficient (Wildman–Crippen LogP) is 0.823. The quantitative estimate of drug-likeness (QED) is 0.818. The number of aliphatic carboxylic acids is 1. The molecule has 0 heterocycles. The number of carboxylic acid groups (broad SMARTS) is 1. The summed E-state index contributed by atoms with van der Waals surface area (Å²) in [7, 11) is -1.60. The zero-order valence-corrected chi connectivity index (χ0v) is 10.1. The molecule has 0 spiro atoms. The van der Waals surface area contributed by atoms with E-state index in [1.54, 1.807) is 6.07 Å². The maximum Gasteiger partial charge on any atom is 0.320 e. The van der Waals surface area contributed by atoms with Crippen LogP contribution in [0.4, 0.5) is 0 Å². The summed E-state index contributed by atoms with van der Waals surface area (Å²) in [4.78, 5) is 11.4. The molecule has 88 valence electrons. The number of rotatable bonds is 4. The molecule has 0 saturated heterocycles. The molecular weight excluding hydrogens is 226 g/mol. The summed E-state index contributed by atoms with van der Waals surface area (Å²) in [6.07, 6.45) is 0. The highest BCUT2D eigenvalue weighted by Crippen LogP contribution is 2.17. The highest BCUT2D eigenvalue weighted by molar-refractivity contribution is 7.86. The first-order valence-corrected chi connectivity index (χ1v) is 6.09. The lowest BCUT2D eigenvalue weighted by Gasteiger charge is -2.12. The molecule has 1 rings (SSSR count). The van der Waals surface area contributed by atoms with Crippen LogP contribution in [0, 0.1) is 13.8 Å². The number of benzene rings is 1. The van der Waals surface area contributed by atoms with Crippen LogP contribution in [0.25, 0.3) is 0 Å². The molecule has 0 aliphatic heterocycles. The van der Waals surface area contributed by atoms with Crippen molar-refractivity contribution in [2.24, 2.45) is 5.73 Å². The van der Waals surface area contributed by atoms with Crippen LogP contribution in [0.15, 0.2) is 23.1 Å². The van der Waals surface area contributed by atoms with Gasteiger partial charge in [-0.25, -0.2) is 0 Å². The van der Waals surface area contributed by atoms with Gasteiger partial charge in [0, 0.05) is 11.4 Å². The fraction of sp³-hybridized carbons (Fsp3) is 0.364. The van der Waals surface area contributed by atoms with Crippen LogP contribution in [0.5, 0.6) is 0 Å². The third-order valence-corrected chi connectivity index (χ3v) is 4.10. The van der Waals surface area contributed by atoms with Crippen molar-refractivity contribution >= 4 is 16.8 Å². The van der Waals surface area contributed by atoms with Gasteiger partial charge in [0.1, 0.15) is 5.25 Å². The van der Waals surface area contributed by atoms with Crippen LogP contribution in [-0.4, -0.2) is 27.1 Å². The van der Waals surface area contributed by atoms with Crippen molar-refractivity contribution in [3.8, 4) is 0 Å². The monoisotopic (exact) mass is 241 g/mol. The smallest absolute Gasteiger partial charge is 0.320 e. The third kappa shape index (κ3) is 2.68. The van der Waals surface area contributed by atoms with Gasteiger partial charge in [-0.1, -0.05) is 17.7 Å². The third-order valence-electron chi connectivity index (χ3n) is 2.30. The number of aryl methyl sites for hydroxylation is 2. The second-order valence-corrected chi connectivity index (χ2v) is 5.23. The molecule has 0 bridgehead atoms. The van der Waals surface area contributed by atoms with Crippen LogP contribution >= 0.6 is 0 Å². The molecule has 0 aliphatic carbocycles. The number of carbonyl (C=O) groups is 1. The van der Waals surface area contributed by atoms with Gasteiger partial charge in [-0.05, 0) is 25.5 Å². The summed E-state index contributed by atoms with van der Waals surface area (Å²) in [5.41, 5.74) is 7.20. The molecule has 1 aromatic carbocycles. The minimum atomic E-state index is -1.60. The molecule has 0 aliphatic rings. The summed E-state index contributed by atoms with van der Waals surface area (Å²) in [6, 6.07) is 5.39. The first kappa shape index (κ1) is 12.9. The van der Waals surface area contributed by atoms with Crippen LogP contribution in [-0.2, 0) is 15.6 Å². The predicted molar refractivity (Wildman–Crippen MR) is 62.8 cm³/mol. The molecule has 0 fully saturated rings. The molecule has 0 radical (unpaired) electrons. The molecule has 16 heavy (non-hydrogen) atoms. The fourth-order valence-corrected chi connectivity index (χ4v) is 2.70. The summed E-state index contributed by atoms with van der Waals surface area (Å²) in [5.74, 6) is -1.12. The minimum absolute atomic E-state index is 0.130. The van der Waals surface area contributed by atoms with Gasteiger partial charge in [-0.15, -0.1) is 0 Å². The van der Waals surface area contributed by atoms with Crippen molar-refractivity contribution in [3.63, 3.8) is 0 Å². The van der Waals surface area contributed by atoms with Crippen LogP contribution < -0.4 is 5.73 Å². The molecule has 0 saturated carbocycles. The highest BCUT2D eigenvalue weighted by Gasteiger charge is 2.25. The topological polar surface area (TPSA) is 80.4 Å². The standard InChI is InChI=1S/C11H15NO3S/c1-7-3-4-9(8(2)5-7)16(15)10(6-12)11(13)14/h3-5,10H,6,12H2,1-2H3,(H,13,14). The van der Waals surface area contributed by atoms with Crippen molar-refractivity contribution in [3.05, 3.63) is 29.3 Å². The van der Waals surface area contributed by atoms with E-state index in [1.165, 1.54) is 0 Å². The summed E-state index contributed by atoms with van der Waals surface area (Å²) < 4.78 is 12.0. The maximum atomic E-state index is 12.0. The molecule has 0 amide bonds. The lowest BCUT2D eigenvalue weighted by Crippen LogP contribution is -2.33. The van der Waals surface area contributed by atoms with Gasteiger partial charge >= 0.3 is 5.97 Å². The van der Waals surface area contributed by atoms with E-state index in [9.17, 15) is 9.00 Å². The first-order valence-electron chi connectivity index (χ1n) is 4.88. The second-order valence-electron chi connectivity index (χ2n) is 3.63. The van der Waals surface area contributed by atoms with E-state index in [-0.39, 0.29) is 6.54 Å². The lowest BCUT2D eigenvalue weighted by molar-refractivity contribution is -0.136. The second kappa shape index (κ2) is 5.23. The van der Waals surface area contributed by atoms with Crippen LogP contribution in [0.2, 0.25) is 0 Å². The average Bonchev–Trinajstić information content (AvgIpc) is 2.17. The SMILES string of the molecule is Cc1ccc(S(=O)C(CN)C(=O)O)c(C)c1. The Morgan fingerprint density at radius 3 is 2.56 bits per heavy atom. The lowest BCUT2D eigenvalue weighted by atomic mass is 10.2. The molecule has 0 aromatic heterocycles. The zero-order valence-electron chi connectivity index (χ0n) is 9.27. The van der Waals surface area contributed by atoms with Crippen LogP contribution in [0.1, 0.15) is 11.1 Å². The van der Waals surface area contributed by atoms with E-state index < -0.39 is 22.0 Å². The molecular formula is C11H15NO3S. The Hall–Kier alpha value is -1.20. The van der Waals surface area contributed by atoms with E-state index >= 15 is 0 Å². The Morgan fingerprint density at radius 1 is 1.50 bits per heavy atom. The first-order chi connectivity index (χ1) is 7.47. The summed E-state index contributed by atoms with van der Waals surface area (Å²) in [6.45, 7) is 3.61. The van der Waals surface area contributed by atoms with Crippen molar-refractivity contribution in [2.75, 3.05) is 6.54 Å². The molecule has 2 unspecified atom stereocenters. The number of hydrogen-bond donors (Lipinski definition) is 2. The minimum Gasteiger partial charge on any atom is -0.480 e. The van der Waals surface area contributed by atoms with Gasteiger partial charge in [0.2, 0.25) is 0 Å². The van der Waals surface area contributed by atoms with Crippen LogP contribution in [0.3, 0.4) is 0 Å². The normalized spacial score (nSPS) is 14.4. The summed E-state index contributed by atoms with van der Waals surface area (Å²) >= 11 is 0. The highest BCUT2D eigenvalue weighted by atomic mass is 32.2. The Kier molecular flexibility index (Phi) is 4.20. The van der Waals surface area contributed by atoms with Crippen molar-refractivity contribution in [2.45, 2.75) is 24.0 Å². The van der Waals surface area contributed by atoms with Gasteiger partial charge in [0.05, 0.1) is 10.8 Å². The Balaban J connectivity index is 3.09. The maximum absolute atomic E-state index is 12.0. The fourth-order valence-electron chi connectivity index (χ4n) is 1.46. The van der Waals surface area contributed by atoms with E-state index in [0.717, 1.165) is 11.1 Å². The Bertz CT molecular complexity index is 431. The van der Waals surface area contributed by atoms with Crippen molar-refractivity contribution < 1.29 is 14.1 Å². The summed E-state index contributed by atoms with van der Waals surface area (Å²) in [5, 5.41) is 7.84. The molecule has 4 nitrogen and oxygen atoms in total. The van der Waals surface area contributed by atoms with E-state index in [0.29, 0.717) is 4.90 Å². The van der Waals surface area contributed by atoms with Gasteiger partial charge in [-0.3, -0.25) is 9.00 Å². The Morgan fingerprint density at radius 2 is 2.12 bits per heavy atom. The number of carboxylic acids is 1. The van der Waals surface area contributed by atoms with Gasteiger partial charge < -0.3 is 10.8 Å². The van der Waals surface area contributed by atoms with E-state index in [4.69, 9.17) is 10.8 Å². The molecule has 5 heteroatoms. The number of nitrogens with two attached hydrogens (primary N) is 1. The number of hydrogen-bond acceptors (Lipinski definition) is 3. The van der Waals surface area contributed by atoms with Crippen molar-refractivity contribution in [1.29, 1.82) is 0 Å². The molecule has 1 aromatic rings. The van der Waals surface area contributed by atoms with Gasteiger partial charge in [-0.2, -0.15) is 0 Å². The molecule has 3 N–H and O–H groups in total. The van der Waals surface area contributed by atoms with E-state index in [2.05, 4.69) is 0 Å². The van der Waals surface area contributed by atoms with Crippen molar-refractivity contribution in [1.82, 2.24) is 0 Å². The van der Waals surface area contributed by atoms with Gasteiger partial charge in [0.25, 0.3) is 0 Å².